The number of carbonyl (C=O) groups is 1. The number of benzene rings is 1. The van der Waals surface area contributed by atoms with E-state index in [2.05, 4.69) is 27.0 Å². The molecule has 0 spiro atoms. The van der Waals surface area contributed by atoms with E-state index >= 15 is 0 Å². The highest BCUT2D eigenvalue weighted by atomic mass is 16.5. The van der Waals surface area contributed by atoms with E-state index in [4.69, 9.17) is 16.2 Å². The standard InChI is InChI=1S/C21H29N7O2/c1-25-11-14-9-18(17(10-16(14)24-25)26-6-3-2-4-7-26)28-19(20(23)29)13-30-21(28)27-8-5-15(22)12-27/h9-11,13,15,21H,2-8,12,22H2,1H3,(H2,23,29)/t15?,21-/m0/s1. The summed E-state index contributed by atoms with van der Waals surface area (Å²) in [5.41, 5.74) is 15.2. The Kier molecular flexibility index (Phi) is 4.79. The van der Waals surface area contributed by atoms with Crippen LogP contribution in [0, 0.1) is 0 Å². The quantitative estimate of drug-likeness (QED) is 0.774. The topological polar surface area (TPSA) is 106 Å². The molecule has 5 rings (SSSR count). The summed E-state index contributed by atoms with van der Waals surface area (Å²) >= 11 is 0. The zero-order valence-electron chi connectivity index (χ0n) is 17.3. The van der Waals surface area contributed by atoms with Gasteiger partial charge >= 0.3 is 0 Å². The lowest BCUT2D eigenvalue weighted by molar-refractivity contribution is -0.114. The van der Waals surface area contributed by atoms with E-state index in [-0.39, 0.29) is 6.04 Å². The Balaban J connectivity index is 1.63. The number of hydrogen-bond donors (Lipinski definition) is 2. The third-order valence-corrected chi connectivity index (χ3v) is 6.27. The second-order valence-electron chi connectivity index (χ2n) is 8.49. The van der Waals surface area contributed by atoms with E-state index in [1.165, 1.54) is 12.7 Å². The Bertz CT molecular complexity index is 995. The summed E-state index contributed by atoms with van der Waals surface area (Å²) in [4.78, 5) is 18.8. The number of piperidine rings is 1. The molecular weight excluding hydrogens is 382 g/mol. The van der Waals surface area contributed by atoms with Crippen molar-refractivity contribution in [3.8, 4) is 0 Å². The van der Waals surface area contributed by atoms with Crippen LogP contribution in [0.4, 0.5) is 11.4 Å². The SMILES string of the molecule is Cn1cc2cc(N3C(C(N)=O)=CO[C@H]3N3CCC(N)C3)c(N3CCCCC3)cc2n1. The van der Waals surface area contributed by atoms with Crippen molar-refractivity contribution >= 4 is 28.2 Å². The van der Waals surface area contributed by atoms with Crippen LogP contribution in [0.1, 0.15) is 25.7 Å². The second kappa shape index (κ2) is 7.48. The lowest BCUT2D eigenvalue weighted by atomic mass is 10.1. The molecule has 160 valence electrons. The largest absolute Gasteiger partial charge is 0.462 e. The Morgan fingerprint density at radius 2 is 1.97 bits per heavy atom. The maximum Gasteiger partial charge on any atom is 0.268 e. The molecule has 9 heteroatoms. The number of nitrogens with two attached hydrogens (primary N) is 2. The minimum atomic E-state index is -0.503. The van der Waals surface area contributed by atoms with Crippen LogP contribution in [0.25, 0.3) is 10.9 Å². The Morgan fingerprint density at radius 1 is 1.17 bits per heavy atom. The van der Waals surface area contributed by atoms with Crippen molar-refractivity contribution in [1.29, 1.82) is 0 Å². The first kappa shape index (κ1) is 19.2. The summed E-state index contributed by atoms with van der Waals surface area (Å²) in [6.07, 6.45) is 7.50. The fourth-order valence-electron chi connectivity index (χ4n) is 4.81. The number of fused-ring (bicyclic) bond motifs is 1. The highest BCUT2D eigenvalue weighted by Crippen LogP contribution is 2.41. The van der Waals surface area contributed by atoms with Crippen LogP contribution < -0.4 is 21.3 Å². The number of primary amides is 1. The third kappa shape index (κ3) is 3.27. The van der Waals surface area contributed by atoms with Crippen molar-refractivity contribution in [2.45, 2.75) is 38.1 Å². The van der Waals surface area contributed by atoms with Gasteiger partial charge in [-0.3, -0.25) is 14.4 Å². The molecule has 1 aromatic heterocycles. The zero-order valence-corrected chi connectivity index (χ0v) is 17.3. The van der Waals surface area contributed by atoms with Crippen LogP contribution in [0.5, 0.6) is 0 Å². The number of aryl methyl sites for hydroxylation is 1. The monoisotopic (exact) mass is 411 g/mol. The molecule has 9 nitrogen and oxygen atoms in total. The molecule has 2 aromatic rings. The van der Waals surface area contributed by atoms with Crippen LogP contribution >= 0.6 is 0 Å². The number of anilines is 2. The minimum Gasteiger partial charge on any atom is -0.462 e. The van der Waals surface area contributed by atoms with Gasteiger partial charge in [-0.05, 0) is 37.8 Å². The van der Waals surface area contributed by atoms with E-state index in [1.807, 2.05) is 22.8 Å². The molecule has 0 aliphatic carbocycles. The fourth-order valence-corrected chi connectivity index (χ4v) is 4.81. The molecule has 0 saturated carbocycles. The number of hydrogen-bond acceptors (Lipinski definition) is 7. The van der Waals surface area contributed by atoms with Crippen molar-refractivity contribution < 1.29 is 9.53 Å². The highest BCUT2D eigenvalue weighted by molar-refractivity contribution is 5.99. The summed E-state index contributed by atoms with van der Waals surface area (Å²) in [5, 5.41) is 5.62. The molecular formula is C21H29N7O2. The first-order valence-corrected chi connectivity index (χ1v) is 10.7. The lowest BCUT2D eigenvalue weighted by Gasteiger charge is -2.37. The summed E-state index contributed by atoms with van der Waals surface area (Å²) in [6.45, 7) is 3.50. The summed E-state index contributed by atoms with van der Waals surface area (Å²) in [6, 6.07) is 4.33. The van der Waals surface area contributed by atoms with Gasteiger partial charge in [-0.15, -0.1) is 0 Å². The molecule has 2 fully saturated rings. The molecule has 30 heavy (non-hydrogen) atoms. The number of nitrogens with zero attached hydrogens (tertiary/aromatic N) is 5. The van der Waals surface area contributed by atoms with Crippen LogP contribution in [-0.4, -0.2) is 59.2 Å². The van der Waals surface area contributed by atoms with Crippen LogP contribution in [0.15, 0.2) is 30.3 Å². The van der Waals surface area contributed by atoms with E-state index < -0.39 is 12.3 Å². The highest BCUT2D eigenvalue weighted by Gasteiger charge is 2.40. The normalized spacial score (nSPS) is 25.1. The molecule has 2 saturated heterocycles. The van der Waals surface area contributed by atoms with Crippen molar-refractivity contribution in [2.24, 2.45) is 18.5 Å². The summed E-state index contributed by atoms with van der Waals surface area (Å²) in [7, 11) is 1.92. The van der Waals surface area contributed by atoms with Gasteiger partial charge in [-0.25, -0.2) is 4.90 Å². The Labute approximate surface area is 175 Å². The number of carbonyl (C=O) groups excluding carboxylic acids is 1. The molecule has 1 unspecified atom stereocenters. The molecule has 1 amide bonds. The van der Waals surface area contributed by atoms with Crippen LogP contribution in [0.2, 0.25) is 0 Å². The van der Waals surface area contributed by atoms with Gasteiger partial charge in [0.15, 0.2) is 0 Å². The number of likely N-dealkylation sites (tertiary alicyclic amines) is 1. The number of aromatic nitrogens is 2. The van der Waals surface area contributed by atoms with Gasteiger partial charge in [-0.1, -0.05) is 0 Å². The first-order chi connectivity index (χ1) is 14.5. The van der Waals surface area contributed by atoms with E-state index in [0.717, 1.165) is 67.7 Å². The van der Waals surface area contributed by atoms with Crippen molar-refractivity contribution in [2.75, 3.05) is 36.0 Å². The molecule has 2 atom stereocenters. The maximum absolute atomic E-state index is 12.3. The van der Waals surface area contributed by atoms with Crippen LogP contribution in [0.3, 0.4) is 0 Å². The summed E-state index contributed by atoms with van der Waals surface area (Å²) in [5.74, 6) is -0.503. The summed E-state index contributed by atoms with van der Waals surface area (Å²) < 4.78 is 7.80. The zero-order chi connectivity index (χ0) is 20.8. The smallest absolute Gasteiger partial charge is 0.268 e. The first-order valence-electron chi connectivity index (χ1n) is 10.7. The second-order valence-corrected chi connectivity index (χ2v) is 8.49. The van der Waals surface area contributed by atoms with Gasteiger partial charge < -0.3 is 21.1 Å². The average Bonchev–Trinajstić information content (AvgIpc) is 3.44. The number of amides is 1. The van der Waals surface area contributed by atoms with E-state index in [1.54, 1.807) is 0 Å². The molecule has 3 aliphatic rings. The lowest BCUT2D eigenvalue weighted by Crippen LogP contribution is -2.48. The molecule has 0 radical (unpaired) electrons. The van der Waals surface area contributed by atoms with Gasteiger partial charge in [0.25, 0.3) is 5.91 Å². The van der Waals surface area contributed by atoms with Gasteiger partial charge in [0.2, 0.25) is 6.35 Å². The minimum absolute atomic E-state index is 0.107. The maximum atomic E-state index is 12.3. The average molecular weight is 412 g/mol. The van der Waals surface area contributed by atoms with E-state index in [0.29, 0.717) is 5.70 Å². The third-order valence-electron chi connectivity index (χ3n) is 6.27. The van der Waals surface area contributed by atoms with Gasteiger partial charge in [0.1, 0.15) is 12.0 Å². The molecule has 4 N–H and O–H groups in total. The molecule has 1 aromatic carbocycles. The van der Waals surface area contributed by atoms with Crippen LogP contribution in [-0.2, 0) is 16.6 Å². The van der Waals surface area contributed by atoms with E-state index in [9.17, 15) is 4.79 Å². The predicted octanol–water partition coefficient (Wildman–Crippen LogP) is 1.04. The fraction of sp³-hybridized carbons (Fsp3) is 0.524. The number of rotatable bonds is 4. The Hall–Kier alpha value is -2.78. The predicted molar refractivity (Wildman–Crippen MR) is 116 cm³/mol. The van der Waals surface area contributed by atoms with Crippen molar-refractivity contribution in [1.82, 2.24) is 14.7 Å². The Morgan fingerprint density at radius 3 is 2.67 bits per heavy atom. The van der Waals surface area contributed by atoms with Crippen molar-refractivity contribution in [3.63, 3.8) is 0 Å². The number of ether oxygens (including phenoxy) is 1. The van der Waals surface area contributed by atoms with Crippen molar-refractivity contribution in [3.05, 3.63) is 30.3 Å². The van der Waals surface area contributed by atoms with Gasteiger partial charge in [0, 0.05) is 50.9 Å². The molecule has 0 bridgehead atoms. The molecule has 4 heterocycles. The molecule has 3 aliphatic heterocycles. The van der Waals surface area contributed by atoms with Gasteiger partial charge in [-0.2, -0.15) is 5.10 Å². The van der Waals surface area contributed by atoms with Gasteiger partial charge in [0.05, 0.1) is 16.9 Å².